The Labute approximate surface area is 258 Å². The molecule has 0 saturated carbocycles. The zero-order chi connectivity index (χ0) is 32.4. The summed E-state index contributed by atoms with van der Waals surface area (Å²) in [6, 6.07) is 14.2. The molecule has 3 amide bonds. The van der Waals surface area contributed by atoms with Crippen molar-refractivity contribution in [3.63, 3.8) is 0 Å². The Bertz CT molecular complexity index is 1290. The van der Waals surface area contributed by atoms with Crippen LogP contribution in [0.15, 0.2) is 60.7 Å². The van der Waals surface area contributed by atoms with Gasteiger partial charge in [0.2, 0.25) is 11.8 Å². The van der Waals surface area contributed by atoms with Gasteiger partial charge in [-0.15, -0.1) is 0 Å². The maximum Gasteiger partial charge on any atom is 0.410 e. The number of hydrogen-bond donors (Lipinski definition) is 3. The van der Waals surface area contributed by atoms with Crippen molar-refractivity contribution in [3.05, 3.63) is 71.8 Å². The molecule has 3 rings (SSSR count). The molecule has 0 spiro atoms. The van der Waals surface area contributed by atoms with Gasteiger partial charge >= 0.3 is 18.0 Å². The number of carbonyl (C=O) groups is 5. The van der Waals surface area contributed by atoms with Gasteiger partial charge in [0, 0.05) is 6.54 Å². The summed E-state index contributed by atoms with van der Waals surface area (Å²) >= 11 is 0. The van der Waals surface area contributed by atoms with Crippen LogP contribution in [-0.2, 0) is 41.7 Å². The molecule has 1 saturated heterocycles. The number of carbonyl (C=O) groups excluding carboxylic acids is 4. The summed E-state index contributed by atoms with van der Waals surface area (Å²) in [6.45, 7) is 8.86. The molecule has 1 aliphatic rings. The lowest BCUT2D eigenvalue weighted by atomic mass is 9.90. The fourth-order valence-corrected chi connectivity index (χ4v) is 4.95. The lowest BCUT2D eigenvalue weighted by molar-refractivity contribution is -0.151. The van der Waals surface area contributed by atoms with Crippen LogP contribution in [0.3, 0.4) is 0 Å². The molecular formula is C33H43N3O8. The number of ether oxygens (including phenoxy) is 2. The molecule has 0 aliphatic carbocycles. The number of amides is 3. The molecule has 1 fully saturated rings. The molecule has 0 bridgehead atoms. The first-order chi connectivity index (χ1) is 20.8. The largest absolute Gasteiger partial charge is 0.481 e. The number of carboxylic acid groups (broad SMARTS) is 1. The quantitative estimate of drug-likeness (QED) is 0.308. The van der Waals surface area contributed by atoms with Crippen LogP contribution < -0.4 is 10.6 Å². The summed E-state index contributed by atoms with van der Waals surface area (Å²) in [5.41, 5.74) is 0.624. The van der Waals surface area contributed by atoms with Crippen molar-refractivity contribution in [2.24, 2.45) is 11.8 Å². The molecule has 44 heavy (non-hydrogen) atoms. The molecule has 11 nitrogen and oxygen atoms in total. The third-order valence-electron chi connectivity index (χ3n) is 7.22. The van der Waals surface area contributed by atoms with Crippen LogP contribution in [0.25, 0.3) is 0 Å². The number of benzene rings is 2. The van der Waals surface area contributed by atoms with Gasteiger partial charge in [-0.05, 0) is 57.1 Å². The predicted octanol–water partition coefficient (Wildman–Crippen LogP) is 3.70. The van der Waals surface area contributed by atoms with Gasteiger partial charge < -0.3 is 25.2 Å². The van der Waals surface area contributed by atoms with Crippen LogP contribution in [0.4, 0.5) is 4.79 Å². The minimum atomic E-state index is -1.57. The normalized spacial score (nSPS) is 16.9. The fourth-order valence-electron chi connectivity index (χ4n) is 4.95. The van der Waals surface area contributed by atoms with Crippen molar-refractivity contribution in [2.75, 3.05) is 6.54 Å². The van der Waals surface area contributed by atoms with E-state index in [0.717, 1.165) is 5.56 Å². The Morgan fingerprint density at radius 1 is 0.909 bits per heavy atom. The number of hydrogen-bond acceptors (Lipinski definition) is 7. The van der Waals surface area contributed by atoms with Crippen molar-refractivity contribution < 1.29 is 38.6 Å². The number of esters is 1. The Morgan fingerprint density at radius 2 is 1.50 bits per heavy atom. The lowest BCUT2D eigenvalue weighted by Gasteiger charge is -2.31. The zero-order valence-electron chi connectivity index (χ0n) is 25.9. The van der Waals surface area contributed by atoms with E-state index in [-0.39, 0.29) is 19.6 Å². The van der Waals surface area contributed by atoms with Gasteiger partial charge in [-0.3, -0.25) is 19.3 Å². The molecule has 2 aromatic rings. The summed E-state index contributed by atoms with van der Waals surface area (Å²) in [5, 5.41) is 15.5. The molecule has 0 aromatic heterocycles. The highest BCUT2D eigenvalue weighted by Crippen LogP contribution is 2.22. The highest BCUT2D eigenvalue weighted by atomic mass is 16.6. The van der Waals surface area contributed by atoms with E-state index in [1.165, 1.54) is 4.90 Å². The van der Waals surface area contributed by atoms with E-state index in [4.69, 9.17) is 9.47 Å². The molecule has 0 radical (unpaired) electrons. The second-order valence-electron chi connectivity index (χ2n) is 12.3. The van der Waals surface area contributed by atoms with Crippen molar-refractivity contribution in [1.29, 1.82) is 0 Å². The van der Waals surface area contributed by atoms with E-state index in [9.17, 15) is 29.1 Å². The molecule has 3 N–H and O–H groups in total. The summed E-state index contributed by atoms with van der Waals surface area (Å²) in [6.07, 6.45) is 0.107. The van der Waals surface area contributed by atoms with Crippen LogP contribution in [-0.4, -0.2) is 70.1 Å². The molecule has 4 atom stereocenters. The van der Waals surface area contributed by atoms with Crippen LogP contribution in [0.2, 0.25) is 0 Å². The lowest BCUT2D eigenvalue weighted by Crippen LogP contribution is -2.60. The number of aliphatic carboxylic acids is 1. The average Bonchev–Trinajstić information content (AvgIpc) is 3.47. The van der Waals surface area contributed by atoms with Crippen LogP contribution in [0.5, 0.6) is 0 Å². The maximum atomic E-state index is 13.8. The van der Waals surface area contributed by atoms with Gasteiger partial charge in [-0.2, -0.15) is 0 Å². The standard InChI is InChI=1S/C33H43N3O8/c1-21(2)26(31(41)43-20-23-15-10-7-11-16-23)34-29(38)27(24(30(39)40)19-22-13-8-6-9-14-22)35-28(37)25-17-12-18-36(25)32(42)44-33(3,4)5/h6-11,13-16,21,24-27H,12,17-20H2,1-5H3,(H,34,38)(H,35,37)(H,39,40)/t24?,25-,26-,27-/m0/s1. The van der Waals surface area contributed by atoms with Crippen LogP contribution in [0, 0.1) is 11.8 Å². The first-order valence-corrected chi connectivity index (χ1v) is 14.8. The Morgan fingerprint density at radius 3 is 2.05 bits per heavy atom. The molecular weight excluding hydrogens is 566 g/mol. The van der Waals surface area contributed by atoms with Crippen molar-refractivity contribution in [1.82, 2.24) is 15.5 Å². The monoisotopic (exact) mass is 609 g/mol. The van der Waals surface area contributed by atoms with Crippen LogP contribution in [0.1, 0.15) is 58.6 Å². The number of nitrogens with one attached hydrogen (secondary N) is 2. The SMILES string of the molecule is CC(C)[C@H](NC(=O)[C@@H](NC(=O)[C@@H]1CCCN1C(=O)OC(C)(C)C)C(Cc1ccccc1)C(=O)O)C(=O)OCc1ccccc1. The number of nitrogens with zero attached hydrogens (tertiary/aromatic N) is 1. The molecule has 1 heterocycles. The minimum Gasteiger partial charge on any atom is -0.481 e. The van der Waals surface area contributed by atoms with Gasteiger partial charge in [0.05, 0.1) is 5.92 Å². The zero-order valence-corrected chi connectivity index (χ0v) is 25.9. The third-order valence-corrected chi connectivity index (χ3v) is 7.22. The molecule has 238 valence electrons. The summed E-state index contributed by atoms with van der Waals surface area (Å²) in [7, 11) is 0. The summed E-state index contributed by atoms with van der Waals surface area (Å²) in [4.78, 5) is 67.2. The number of likely N-dealkylation sites (tertiary alicyclic amines) is 1. The van der Waals surface area contributed by atoms with Gasteiger partial charge in [-0.1, -0.05) is 74.5 Å². The average molecular weight is 610 g/mol. The summed E-state index contributed by atoms with van der Waals surface area (Å²) < 4.78 is 10.9. The molecule has 1 aliphatic heterocycles. The fraction of sp³-hybridized carbons (Fsp3) is 0.485. The Hall–Kier alpha value is -4.41. The minimum absolute atomic E-state index is 0.00708. The van der Waals surface area contributed by atoms with Gasteiger partial charge in [0.25, 0.3) is 0 Å². The second-order valence-corrected chi connectivity index (χ2v) is 12.3. The van der Waals surface area contributed by atoms with Gasteiger partial charge in [0.15, 0.2) is 0 Å². The number of rotatable bonds is 12. The van der Waals surface area contributed by atoms with E-state index in [0.29, 0.717) is 18.4 Å². The maximum absolute atomic E-state index is 13.8. The van der Waals surface area contributed by atoms with E-state index in [2.05, 4.69) is 10.6 Å². The summed E-state index contributed by atoms with van der Waals surface area (Å²) in [5.74, 6) is -5.32. The highest BCUT2D eigenvalue weighted by Gasteiger charge is 2.42. The third kappa shape index (κ3) is 9.82. The smallest absolute Gasteiger partial charge is 0.410 e. The van der Waals surface area contributed by atoms with Crippen LogP contribution >= 0.6 is 0 Å². The topological polar surface area (TPSA) is 151 Å². The Kier molecular flexibility index (Phi) is 11.9. The van der Waals surface area contributed by atoms with Gasteiger partial charge in [0.1, 0.15) is 30.3 Å². The van der Waals surface area contributed by atoms with E-state index in [1.807, 2.05) is 18.2 Å². The first kappa shape index (κ1) is 34.1. The molecule has 2 aromatic carbocycles. The highest BCUT2D eigenvalue weighted by molar-refractivity contribution is 5.96. The van der Waals surface area contributed by atoms with E-state index in [1.54, 1.807) is 77.1 Å². The number of carboxylic acids is 1. The van der Waals surface area contributed by atoms with Crippen molar-refractivity contribution in [2.45, 2.75) is 84.2 Å². The van der Waals surface area contributed by atoms with Crippen molar-refractivity contribution >= 4 is 29.8 Å². The van der Waals surface area contributed by atoms with Gasteiger partial charge in [-0.25, -0.2) is 9.59 Å². The first-order valence-electron chi connectivity index (χ1n) is 14.8. The van der Waals surface area contributed by atoms with Crippen molar-refractivity contribution in [3.8, 4) is 0 Å². The molecule has 1 unspecified atom stereocenters. The van der Waals surface area contributed by atoms with E-state index >= 15 is 0 Å². The molecule has 11 heteroatoms. The van der Waals surface area contributed by atoms with E-state index < -0.39 is 65.4 Å². The predicted molar refractivity (Wildman–Crippen MR) is 162 cm³/mol. The second kappa shape index (κ2) is 15.4. The Balaban J connectivity index is 1.85.